The fourth-order valence-electron chi connectivity index (χ4n) is 3.52. The number of urea groups is 1. The lowest BCUT2D eigenvalue weighted by Gasteiger charge is -2.39. The smallest absolute Gasteiger partial charge is 0.320 e. The quantitative estimate of drug-likeness (QED) is 0.846. The Labute approximate surface area is 120 Å². The molecule has 1 N–H and O–H groups in total. The number of amides is 2. The molecule has 2 fully saturated rings. The molecule has 114 valence electrons. The van der Waals surface area contributed by atoms with Gasteiger partial charge in [-0.3, -0.25) is 4.79 Å². The summed E-state index contributed by atoms with van der Waals surface area (Å²) in [4.78, 5) is 27.7. The lowest BCUT2D eigenvalue weighted by molar-refractivity contribution is -0.148. The number of carboxylic acid groups (broad SMARTS) is 1. The van der Waals surface area contributed by atoms with Gasteiger partial charge >= 0.3 is 12.0 Å². The van der Waals surface area contributed by atoms with Crippen molar-refractivity contribution in [3.05, 3.63) is 0 Å². The van der Waals surface area contributed by atoms with E-state index in [1.807, 2.05) is 11.8 Å². The summed E-state index contributed by atoms with van der Waals surface area (Å²) in [7, 11) is 0. The Hall–Kier alpha value is -1.26. The predicted octanol–water partition coefficient (Wildman–Crippen LogP) is 2.41. The highest BCUT2D eigenvalue weighted by Crippen LogP contribution is 2.35. The topological polar surface area (TPSA) is 60.9 Å². The van der Waals surface area contributed by atoms with Crippen molar-refractivity contribution >= 4 is 12.0 Å². The summed E-state index contributed by atoms with van der Waals surface area (Å²) in [6.45, 7) is 7.93. The first kappa shape index (κ1) is 15.1. The van der Waals surface area contributed by atoms with Crippen molar-refractivity contribution in [3.8, 4) is 0 Å². The molecule has 20 heavy (non-hydrogen) atoms. The molecule has 0 aromatic carbocycles. The zero-order chi connectivity index (χ0) is 14.9. The molecule has 2 amide bonds. The molecular formula is C15H26N2O3. The maximum atomic E-state index is 12.6. The number of hydrogen-bond acceptors (Lipinski definition) is 2. The van der Waals surface area contributed by atoms with Crippen LogP contribution in [0, 0.1) is 11.3 Å². The van der Waals surface area contributed by atoms with Crippen LogP contribution < -0.4 is 0 Å². The molecule has 0 aliphatic carbocycles. The molecule has 3 atom stereocenters. The van der Waals surface area contributed by atoms with Gasteiger partial charge in [-0.1, -0.05) is 13.8 Å². The molecule has 0 bridgehead atoms. The Balaban J connectivity index is 2.03. The van der Waals surface area contributed by atoms with Crippen LogP contribution >= 0.6 is 0 Å². The van der Waals surface area contributed by atoms with Gasteiger partial charge in [-0.25, -0.2) is 4.79 Å². The minimum absolute atomic E-state index is 0.0287. The van der Waals surface area contributed by atoms with Crippen LogP contribution in [0.3, 0.4) is 0 Å². The number of aliphatic carboxylic acids is 1. The lowest BCUT2D eigenvalue weighted by Crippen LogP contribution is -2.50. The number of rotatable bonds is 2. The SMILES string of the molecule is CCC1(C(=O)O)CCN(C(=O)N2CCC(C)CC2C)C1. The normalized spacial score (nSPS) is 34.4. The molecule has 3 unspecified atom stereocenters. The van der Waals surface area contributed by atoms with E-state index in [1.165, 1.54) is 0 Å². The summed E-state index contributed by atoms with van der Waals surface area (Å²) < 4.78 is 0. The molecule has 0 radical (unpaired) electrons. The number of carbonyl (C=O) groups is 2. The molecule has 2 aliphatic rings. The zero-order valence-electron chi connectivity index (χ0n) is 12.8. The summed E-state index contributed by atoms with van der Waals surface area (Å²) in [6, 6.07) is 0.286. The summed E-state index contributed by atoms with van der Waals surface area (Å²) >= 11 is 0. The summed E-state index contributed by atoms with van der Waals surface area (Å²) in [5, 5.41) is 9.41. The van der Waals surface area contributed by atoms with E-state index in [-0.39, 0.29) is 12.1 Å². The second kappa shape index (κ2) is 5.62. The largest absolute Gasteiger partial charge is 0.481 e. The fourth-order valence-corrected chi connectivity index (χ4v) is 3.52. The van der Waals surface area contributed by atoms with Crippen LogP contribution in [0.15, 0.2) is 0 Å². The summed E-state index contributed by atoms with van der Waals surface area (Å²) in [5.74, 6) is -0.100. The van der Waals surface area contributed by atoms with Crippen LogP contribution in [-0.4, -0.2) is 52.6 Å². The van der Waals surface area contributed by atoms with E-state index in [2.05, 4.69) is 13.8 Å². The second-order valence-corrected chi connectivity index (χ2v) is 6.57. The van der Waals surface area contributed by atoms with Crippen molar-refractivity contribution in [1.29, 1.82) is 0 Å². The van der Waals surface area contributed by atoms with Crippen molar-refractivity contribution in [2.45, 2.75) is 52.5 Å². The molecule has 0 aromatic rings. The van der Waals surface area contributed by atoms with E-state index in [0.29, 0.717) is 31.8 Å². The number of carboxylic acids is 1. The van der Waals surface area contributed by atoms with Gasteiger partial charge < -0.3 is 14.9 Å². The van der Waals surface area contributed by atoms with Gasteiger partial charge in [-0.05, 0) is 38.5 Å². The van der Waals surface area contributed by atoms with Crippen molar-refractivity contribution in [1.82, 2.24) is 9.80 Å². The fraction of sp³-hybridized carbons (Fsp3) is 0.867. The molecule has 0 aromatic heterocycles. The predicted molar refractivity (Wildman–Crippen MR) is 76.5 cm³/mol. The highest BCUT2D eigenvalue weighted by molar-refractivity contribution is 5.80. The van der Waals surface area contributed by atoms with Gasteiger partial charge in [0.1, 0.15) is 0 Å². The highest BCUT2D eigenvalue weighted by Gasteiger charge is 2.46. The zero-order valence-corrected chi connectivity index (χ0v) is 12.8. The number of nitrogens with zero attached hydrogens (tertiary/aromatic N) is 2. The van der Waals surface area contributed by atoms with Crippen LogP contribution in [0.5, 0.6) is 0 Å². The molecule has 2 saturated heterocycles. The first-order valence-corrected chi connectivity index (χ1v) is 7.68. The van der Waals surface area contributed by atoms with Gasteiger partial charge in [0.25, 0.3) is 0 Å². The number of hydrogen-bond donors (Lipinski definition) is 1. The van der Waals surface area contributed by atoms with E-state index in [4.69, 9.17) is 0 Å². The van der Waals surface area contributed by atoms with E-state index < -0.39 is 11.4 Å². The average Bonchev–Trinajstić information content (AvgIpc) is 2.83. The van der Waals surface area contributed by atoms with Crippen molar-refractivity contribution in [2.75, 3.05) is 19.6 Å². The van der Waals surface area contributed by atoms with Crippen LogP contribution in [0.25, 0.3) is 0 Å². The maximum absolute atomic E-state index is 12.6. The Morgan fingerprint density at radius 2 is 2.00 bits per heavy atom. The van der Waals surface area contributed by atoms with Gasteiger partial charge in [0.05, 0.1) is 5.41 Å². The van der Waals surface area contributed by atoms with Crippen LogP contribution in [0.2, 0.25) is 0 Å². The maximum Gasteiger partial charge on any atom is 0.320 e. The lowest BCUT2D eigenvalue weighted by atomic mass is 9.84. The van der Waals surface area contributed by atoms with Gasteiger partial charge in [-0.15, -0.1) is 0 Å². The molecule has 2 rings (SSSR count). The monoisotopic (exact) mass is 282 g/mol. The molecule has 0 spiro atoms. The summed E-state index contributed by atoms with van der Waals surface area (Å²) in [6.07, 6.45) is 3.24. The Morgan fingerprint density at radius 3 is 2.50 bits per heavy atom. The minimum atomic E-state index is -0.768. The first-order chi connectivity index (χ1) is 9.39. The van der Waals surface area contributed by atoms with E-state index in [9.17, 15) is 14.7 Å². The molecule has 2 heterocycles. The highest BCUT2D eigenvalue weighted by atomic mass is 16.4. The van der Waals surface area contributed by atoms with Crippen molar-refractivity contribution < 1.29 is 14.7 Å². The van der Waals surface area contributed by atoms with E-state index in [0.717, 1.165) is 19.4 Å². The summed E-state index contributed by atoms with van der Waals surface area (Å²) in [5.41, 5.74) is -0.734. The third kappa shape index (κ3) is 2.63. The molecule has 0 saturated carbocycles. The number of piperidine rings is 1. The Morgan fingerprint density at radius 1 is 1.30 bits per heavy atom. The Bertz CT molecular complexity index is 399. The van der Waals surface area contributed by atoms with E-state index in [1.54, 1.807) is 4.90 Å². The Kier molecular flexibility index (Phi) is 4.25. The van der Waals surface area contributed by atoms with E-state index >= 15 is 0 Å². The van der Waals surface area contributed by atoms with Crippen LogP contribution in [0.4, 0.5) is 4.79 Å². The number of likely N-dealkylation sites (tertiary alicyclic amines) is 2. The van der Waals surface area contributed by atoms with Gasteiger partial charge in [0, 0.05) is 25.7 Å². The molecular weight excluding hydrogens is 256 g/mol. The standard InChI is InChI=1S/C15H26N2O3/c1-4-15(13(18)19)6-8-16(10-15)14(20)17-7-5-11(2)9-12(17)3/h11-12H,4-10H2,1-3H3,(H,18,19). The minimum Gasteiger partial charge on any atom is -0.481 e. The van der Waals surface area contributed by atoms with Gasteiger partial charge in [-0.2, -0.15) is 0 Å². The third-order valence-electron chi connectivity index (χ3n) is 5.14. The molecule has 2 aliphatic heterocycles. The average molecular weight is 282 g/mol. The van der Waals surface area contributed by atoms with Crippen molar-refractivity contribution in [2.24, 2.45) is 11.3 Å². The third-order valence-corrected chi connectivity index (χ3v) is 5.14. The molecule has 5 nitrogen and oxygen atoms in total. The number of carbonyl (C=O) groups excluding carboxylic acids is 1. The van der Waals surface area contributed by atoms with Gasteiger partial charge in [0.15, 0.2) is 0 Å². The first-order valence-electron chi connectivity index (χ1n) is 7.68. The van der Waals surface area contributed by atoms with Crippen LogP contribution in [0.1, 0.15) is 46.5 Å². The van der Waals surface area contributed by atoms with Crippen molar-refractivity contribution in [3.63, 3.8) is 0 Å². The van der Waals surface area contributed by atoms with Gasteiger partial charge in [0.2, 0.25) is 0 Å². The van der Waals surface area contributed by atoms with Crippen LogP contribution in [-0.2, 0) is 4.79 Å². The second-order valence-electron chi connectivity index (χ2n) is 6.57. The molecule has 5 heteroatoms.